The number of Topliss-reactive ketones (excluding diaryl/α,β-unsaturated/α-hetero) is 1. The molecule has 0 saturated carbocycles. The van der Waals surface area contributed by atoms with Crippen LogP contribution >= 0.6 is 0 Å². The number of hydrogen-bond acceptors (Lipinski definition) is 5. The highest BCUT2D eigenvalue weighted by Gasteiger charge is 2.30. The van der Waals surface area contributed by atoms with Crippen LogP contribution in [0.4, 0.5) is 0 Å². The second kappa shape index (κ2) is 4.46. The highest BCUT2D eigenvalue weighted by atomic mass is 16.5. The molecule has 0 bridgehead atoms. The molecule has 2 rings (SSSR count). The standard InChI is InChI=1S/C10H13N3O2/c11-3-8-1-2-9(15-8)10(14)7-4-12-6-13-5-7/h4-6,8-9H,1-3,11H2. The Morgan fingerprint density at radius 2 is 2.20 bits per heavy atom. The lowest BCUT2D eigenvalue weighted by Crippen LogP contribution is -2.25. The molecule has 2 atom stereocenters. The number of rotatable bonds is 3. The van der Waals surface area contributed by atoms with Gasteiger partial charge in [0.2, 0.25) is 0 Å². The van der Waals surface area contributed by atoms with Crippen LogP contribution in [-0.4, -0.2) is 34.5 Å². The van der Waals surface area contributed by atoms with Gasteiger partial charge in [0.1, 0.15) is 12.4 Å². The Morgan fingerprint density at radius 1 is 1.47 bits per heavy atom. The fraction of sp³-hybridized carbons (Fsp3) is 0.500. The van der Waals surface area contributed by atoms with Crippen molar-refractivity contribution < 1.29 is 9.53 Å². The zero-order valence-electron chi connectivity index (χ0n) is 8.30. The van der Waals surface area contributed by atoms with Gasteiger partial charge in [0.25, 0.3) is 0 Å². The molecular weight excluding hydrogens is 194 g/mol. The molecule has 1 saturated heterocycles. The normalized spacial score (nSPS) is 25.4. The van der Waals surface area contributed by atoms with E-state index in [2.05, 4.69) is 9.97 Å². The Morgan fingerprint density at radius 3 is 2.80 bits per heavy atom. The molecule has 0 spiro atoms. The molecule has 5 heteroatoms. The van der Waals surface area contributed by atoms with Crippen molar-refractivity contribution in [3.05, 3.63) is 24.3 Å². The van der Waals surface area contributed by atoms with Crippen LogP contribution in [0.3, 0.4) is 0 Å². The minimum atomic E-state index is -0.371. The number of aromatic nitrogens is 2. The van der Waals surface area contributed by atoms with Gasteiger partial charge in [0.15, 0.2) is 5.78 Å². The molecule has 1 aromatic heterocycles. The summed E-state index contributed by atoms with van der Waals surface area (Å²) in [4.78, 5) is 19.5. The van der Waals surface area contributed by atoms with Crippen molar-refractivity contribution in [2.75, 3.05) is 6.54 Å². The SMILES string of the molecule is NCC1CCC(C(=O)c2cncnc2)O1. The van der Waals surface area contributed by atoms with Gasteiger partial charge in [0, 0.05) is 18.9 Å². The van der Waals surface area contributed by atoms with Crippen molar-refractivity contribution in [1.29, 1.82) is 0 Å². The summed E-state index contributed by atoms with van der Waals surface area (Å²) in [7, 11) is 0. The molecule has 0 aliphatic carbocycles. The molecule has 1 aliphatic heterocycles. The minimum absolute atomic E-state index is 0.0172. The highest BCUT2D eigenvalue weighted by molar-refractivity contribution is 5.99. The van der Waals surface area contributed by atoms with Crippen molar-refractivity contribution >= 4 is 5.78 Å². The topological polar surface area (TPSA) is 78.1 Å². The fourth-order valence-electron chi connectivity index (χ4n) is 1.68. The largest absolute Gasteiger partial charge is 0.366 e. The smallest absolute Gasteiger partial charge is 0.194 e. The van der Waals surface area contributed by atoms with E-state index in [1.165, 1.54) is 18.7 Å². The number of carbonyl (C=O) groups is 1. The number of carbonyl (C=O) groups excluding carboxylic acids is 1. The summed E-state index contributed by atoms with van der Waals surface area (Å²) in [6.07, 6.45) is 5.64. The Bertz CT molecular complexity index is 342. The molecule has 5 nitrogen and oxygen atoms in total. The van der Waals surface area contributed by atoms with E-state index >= 15 is 0 Å². The van der Waals surface area contributed by atoms with E-state index in [1.54, 1.807) is 0 Å². The van der Waals surface area contributed by atoms with Gasteiger partial charge in [-0.15, -0.1) is 0 Å². The summed E-state index contributed by atoms with van der Waals surface area (Å²) >= 11 is 0. The Labute approximate surface area is 87.7 Å². The van der Waals surface area contributed by atoms with Gasteiger partial charge in [-0.25, -0.2) is 9.97 Å². The summed E-state index contributed by atoms with van der Waals surface area (Å²) in [5.74, 6) is -0.0495. The van der Waals surface area contributed by atoms with Gasteiger partial charge < -0.3 is 10.5 Å². The summed E-state index contributed by atoms with van der Waals surface area (Å²) in [6, 6.07) is 0. The summed E-state index contributed by atoms with van der Waals surface area (Å²) in [5.41, 5.74) is 5.97. The molecule has 15 heavy (non-hydrogen) atoms. The summed E-state index contributed by atoms with van der Waals surface area (Å²) in [6.45, 7) is 0.467. The van der Waals surface area contributed by atoms with Gasteiger partial charge in [-0.05, 0) is 12.8 Å². The van der Waals surface area contributed by atoms with Gasteiger partial charge in [-0.2, -0.15) is 0 Å². The van der Waals surface area contributed by atoms with E-state index in [0.717, 1.165) is 12.8 Å². The fourth-order valence-corrected chi connectivity index (χ4v) is 1.68. The Balaban J connectivity index is 2.04. The first-order valence-corrected chi connectivity index (χ1v) is 4.96. The third-order valence-corrected chi connectivity index (χ3v) is 2.51. The first kappa shape index (κ1) is 10.2. The molecule has 0 amide bonds. The van der Waals surface area contributed by atoms with E-state index in [9.17, 15) is 4.79 Å². The van der Waals surface area contributed by atoms with Crippen LogP contribution in [0.25, 0.3) is 0 Å². The highest BCUT2D eigenvalue weighted by Crippen LogP contribution is 2.21. The number of nitrogens with two attached hydrogens (primary N) is 1. The van der Waals surface area contributed by atoms with E-state index in [-0.39, 0.29) is 18.0 Å². The Hall–Kier alpha value is -1.33. The summed E-state index contributed by atoms with van der Waals surface area (Å²) in [5, 5.41) is 0. The van der Waals surface area contributed by atoms with Gasteiger partial charge in [-0.3, -0.25) is 4.79 Å². The van der Waals surface area contributed by atoms with Crippen LogP contribution in [0.5, 0.6) is 0 Å². The monoisotopic (exact) mass is 207 g/mol. The van der Waals surface area contributed by atoms with Crippen molar-refractivity contribution in [2.24, 2.45) is 5.73 Å². The molecule has 1 fully saturated rings. The van der Waals surface area contributed by atoms with Crippen molar-refractivity contribution in [1.82, 2.24) is 9.97 Å². The molecule has 0 aromatic carbocycles. The van der Waals surface area contributed by atoms with Crippen LogP contribution in [0.1, 0.15) is 23.2 Å². The summed E-state index contributed by atoms with van der Waals surface area (Å²) < 4.78 is 5.50. The maximum Gasteiger partial charge on any atom is 0.194 e. The number of hydrogen-bond donors (Lipinski definition) is 1. The van der Waals surface area contributed by atoms with E-state index in [0.29, 0.717) is 12.1 Å². The lowest BCUT2D eigenvalue weighted by atomic mass is 10.1. The molecule has 1 aromatic rings. The van der Waals surface area contributed by atoms with E-state index in [1.807, 2.05) is 0 Å². The van der Waals surface area contributed by atoms with Crippen LogP contribution in [-0.2, 0) is 4.74 Å². The quantitative estimate of drug-likeness (QED) is 0.714. The predicted molar refractivity (Wildman–Crippen MR) is 53.3 cm³/mol. The third-order valence-electron chi connectivity index (χ3n) is 2.51. The van der Waals surface area contributed by atoms with Crippen LogP contribution in [0.15, 0.2) is 18.7 Å². The molecule has 0 radical (unpaired) electrons. The van der Waals surface area contributed by atoms with E-state index < -0.39 is 0 Å². The van der Waals surface area contributed by atoms with Gasteiger partial charge in [0.05, 0.1) is 11.7 Å². The third kappa shape index (κ3) is 2.19. The van der Waals surface area contributed by atoms with Gasteiger partial charge in [-0.1, -0.05) is 0 Å². The molecule has 80 valence electrons. The number of nitrogens with zero attached hydrogens (tertiary/aromatic N) is 2. The van der Waals surface area contributed by atoms with Crippen LogP contribution in [0, 0.1) is 0 Å². The molecule has 1 aliphatic rings. The van der Waals surface area contributed by atoms with Gasteiger partial charge >= 0.3 is 0 Å². The molecule has 2 unspecified atom stereocenters. The average molecular weight is 207 g/mol. The van der Waals surface area contributed by atoms with Crippen molar-refractivity contribution in [2.45, 2.75) is 25.0 Å². The molecule has 2 heterocycles. The predicted octanol–water partition coefficient (Wildman–Crippen LogP) is 0.166. The van der Waals surface area contributed by atoms with Crippen molar-refractivity contribution in [3.8, 4) is 0 Å². The maximum absolute atomic E-state index is 11.9. The average Bonchev–Trinajstić information content (AvgIpc) is 2.78. The lowest BCUT2D eigenvalue weighted by Gasteiger charge is -2.10. The zero-order valence-corrected chi connectivity index (χ0v) is 8.30. The molecule has 2 N–H and O–H groups in total. The second-order valence-corrected chi connectivity index (χ2v) is 3.55. The minimum Gasteiger partial charge on any atom is -0.366 e. The van der Waals surface area contributed by atoms with Crippen LogP contribution < -0.4 is 5.73 Å². The van der Waals surface area contributed by atoms with Crippen molar-refractivity contribution in [3.63, 3.8) is 0 Å². The maximum atomic E-state index is 11.9. The molecular formula is C10H13N3O2. The van der Waals surface area contributed by atoms with Crippen LogP contribution in [0.2, 0.25) is 0 Å². The zero-order chi connectivity index (χ0) is 10.7. The lowest BCUT2D eigenvalue weighted by molar-refractivity contribution is 0.0403. The first-order valence-electron chi connectivity index (χ1n) is 4.96. The second-order valence-electron chi connectivity index (χ2n) is 3.55. The number of ketones is 1. The Kier molecular flexibility index (Phi) is 3.03. The number of ether oxygens (including phenoxy) is 1. The first-order chi connectivity index (χ1) is 7.31. The van der Waals surface area contributed by atoms with E-state index in [4.69, 9.17) is 10.5 Å².